The lowest BCUT2D eigenvalue weighted by molar-refractivity contribution is 0.189. The molecule has 1 aromatic carbocycles. The smallest absolute Gasteiger partial charge is 0.166 e. The summed E-state index contributed by atoms with van der Waals surface area (Å²) in [4.78, 5) is 8.14. The Labute approximate surface area is 99.9 Å². The van der Waals surface area contributed by atoms with Crippen molar-refractivity contribution in [1.29, 1.82) is 0 Å². The van der Waals surface area contributed by atoms with Crippen LogP contribution in [0.5, 0.6) is 5.75 Å². The lowest BCUT2D eigenvalue weighted by Gasteiger charge is -2.12. The Morgan fingerprint density at radius 3 is 2.59 bits per heavy atom. The molecule has 0 fully saturated rings. The van der Waals surface area contributed by atoms with Crippen LogP contribution in [0, 0.1) is 0 Å². The maximum atomic E-state index is 9.59. The highest BCUT2D eigenvalue weighted by molar-refractivity contribution is 5.34. The third-order valence-corrected chi connectivity index (χ3v) is 2.35. The second kappa shape index (κ2) is 5.41. The second-order valence-corrected chi connectivity index (χ2v) is 3.67. The molecule has 0 radical (unpaired) electrons. The van der Waals surface area contributed by atoms with Crippen molar-refractivity contribution >= 4 is 0 Å². The average molecular weight is 230 g/mol. The van der Waals surface area contributed by atoms with Crippen LogP contribution >= 0.6 is 0 Å². The monoisotopic (exact) mass is 230 g/mol. The molecule has 1 unspecified atom stereocenters. The molecule has 0 amide bonds. The minimum absolute atomic E-state index is 0.296. The van der Waals surface area contributed by atoms with Crippen molar-refractivity contribution in [3.63, 3.8) is 0 Å². The summed E-state index contributed by atoms with van der Waals surface area (Å²) in [6.07, 6.45) is 2.79. The van der Waals surface area contributed by atoms with Gasteiger partial charge in [-0.2, -0.15) is 0 Å². The average Bonchev–Trinajstić information content (AvgIpc) is 2.38. The molecule has 1 atom stereocenters. The first kappa shape index (κ1) is 11.5. The van der Waals surface area contributed by atoms with Crippen LogP contribution in [0.3, 0.4) is 0 Å². The van der Waals surface area contributed by atoms with E-state index in [2.05, 4.69) is 9.97 Å². The van der Waals surface area contributed by atoms with E-state index in [1.807, 2.05) is 24.3 Å². The molecule has 1 heterocycles. The van der Waals surface area contributed by atoms with E-state index < -0.39 is 6.10 Å². The highest BCUT2D eigenvalue weighted by atomic mass is 16.5. The Balaban J connectivity index is 2.09. The third-order valence-electron chi connectivity index (χ3n) is 2.35. The van der Waals surface area contributed by atoms with Gasteiger partial charge in [0.25, 0.3) is 0 Å². The standard InChI is InChI=1S/C13H14N2O2/c1-10(16)11-5-2-3-6-12(11)17-9-13-14-7-4-8-15-13/h2-8,10,16H,9H2,1H3. The van der Waals surface area contributed by atoms with E-state index in [0.29, 0.717) is 18.2 Å². The first-order valence-electron chi connectivity index (χ1n) is 5.43. The maximum absolute atomic E-state index is 9.59. The van der Waals surface area contributed by atoms with Crippen molar-refractivity contribution < 1.29 is 9.84 Å². The number of aliphatic hydroxyl groups is 1. The number of ether oxygens (including phenoxy) is 1. The fourth-order valence-electron chi connectivity index (χ4n) is 1.50. The summed E-state index contributed by atoms with van der Waals surface area (Å²) in [5.74, 6) is 1.28. The summed E-state index contributed by atoms with van der Waals surface area (Å²) in [6.45, 7) is 2.01. The molecule has 0 saturated carbocycles. The summed E-state index contributed by atoms with van der Waals surface area (Å²) >= 11 is 0. The van der Waals surface area contributed by atoms with E-state index in [1.54, 1.807) is 25.4 Å². The van der Waals surface area contributed by atoms with Crippen LogP contribution in [0.1, 0.15) is 24.4 Å². The molecule has 17 heavy (non-hydrogen) atoms. The summed E-state index contributed by atoms with van der Waals surface area (Å²) in [5, 5.41) is 9.59. The van der Waals surface area contributed by atoms with E-state index in [1.165, 1.54) is 0 Å². The van der Waals surface area contributed by atoms with Crippen LogP contribution in [0.15, 0.2) is 42.7 Å². The van der Waals surface area contributed by atoms with Gasteiger partial charge in [-0.1, -0.05) is 18.2 Å². The molecule has 2 aromatic rings. The summed E-state index contributed by atoms with van der Waals surface area (Å²) in [6, 6.07) is 9.16. The fourth-order valence-corrected chi connectivity index (χ4v) is 1.50. The molecule has 2 rings (SSSR count). The predicted molar refractivity (Wildman–Crippen MR) is 63.4 cm³/mol. The van der Waals surface area contributed by atoms with Crippen LogP contribution in [0.2, 0.25) is 0 Å². The molecular formula is C13H14N2O2. The number of para-hydroxylation sites is 1. The van der Waals surface area contributed by atoms with Crippen molar-refractivity contribution in [1.82, 2.24) is 9.97 Å². The van der Waals surface area contributed by atoms with Crippen molar-refractivity contribution in [3.05, 3.63) is 54.1 Å². The van der Waals surface area contributed by atoms with Crippen LogP contribution in [0.4, 0.5) is 0 Å². The zero-order valence-corrected chi connectivity index (χ0v) is 9.58. The van der Waals surface area contributed by atoms with Crippen molar-refractivity contribution in [2.75, 3.05) is 0 Å². The van der Waals surface area contributed by atoms with Gasteiger partial charge in [-0.25, -0.2) is 9.97 Å². The van der Waals surface area contributed by atoms with Gasteiger partial charge >= 0.3 is 0 Å². The summed E-state index contributed by atoms with van der Waals surface area (Å²) in [5.41, 5.74) is 0.767. The van der Waals surface area contributed by atoms with Crippen molar-refractivity contribution in [3.8, 4) is 5.75 Å². The van der Waals surface area contributed by atoms with Gasteiger partial charge in [-0.05, 0) is 19.1 Å². The van der Waals surface area contributed by atoms with Gasteiger partial charge in [-0.3, -0.25) is 0 Å². The molecule has 0 aliphatic heterocycles. The van der Waals surface area contributed by atoms with E-state index in [0.717, 1.165) is 5.56 Å². The van der Waals surface area contributed by atoms with Gasteiger partial charge in [0, 0.05) is 18.0 Å². The Morgan fingerprint density at radius 2 is 1.88 bits per heavy atom. The minimum atomic E-state index is -0.553. The molecular weight excluding hydrogens is 216 g/mol. The number of aliphatic hydroxyl groups excluding tert-OH is 1. The lowest BCUT2D eigenvalue weighted by atomic mass is 10.1. The predicted octanol–water partition coefficient (Wildman–Crippen LogP) is 2.11. The zero-order chi connectivity index (χ0) is 12.1. The molecule has 4 heteroatoms. The van der Waals surface area contributed by atoms with Gasteiger partial charge in [0.05, 0.1) is 6.10 Å². The first-order valence-corrected chi connectivity index (χ1v) is 5.43. The van der Waals surface area contributed by atoms with Gasteiger partial charge in [0.15, 0.2) is 5.82 Å². The second-order valence-electron chi connectivity index (χ2n) is 3.67. The summed E-state index contributed by atoms with van der Waals surface area (Å²) in [7, 11) is 0. The molecule has 0 spiro atoms. The van der Waals surface area contributed by atoms with Gasteiger partial charge < -0.3 is 9.84 Å². The van der Waals surface area contributed by atoms with E-state index in [-0.39, 0.29) is 0 Å². The quantitative estimate of drug-likeness (QED) is 0.874. The normalized spacial score (nSPS) is 12.1. The van der Waals surface area contributed by atoms with Crippen LogP contribution in [0.25, 0.3) is 0 Å². The Bertz CT molecular complexity index is 472. The molecule has 0 aliphatic carbocycles. The molecule has 1 N–H and O–H groups in total. The Kier molecular flexibility index (Phi) is 3.67. The van der Waals surface area contributed by atoms with E-state index >= 15 is 0 Å². The Morgan fingerprint density at radius 1 is 1.18 bits per heavy atom. The van der Waals surface area contributed by atoms with Gasteiger partial charge in [-0.15, -0.1) is 0 Å². The molecule has 1 aromatic heterocycles. The zero-order valence-electron chi connectivity index (χ0n) is 9.58. The third kappa shape index (κ3) is 3.01. The van der Waals surface area contributed by atoms with Gasteiger partial charge in [0.1, 0.15) is 12.4 Å². The number of hydrogen-bond donors (Lipinski definition) is 1. The number of hydrogen-bond acceptors (Lipinski definition) is 4. The van der Waals surface area contributed by atoms with E-state index in [4.69, 9.17) is 4.74 Å². The topological polar surface area (TPSA) is 55.2 Å². The molecule has 0 bridgehead atoms. The van der Waals surface area contributed by atoms with Crippen LogP contribution < -0.4 is 4.74 Å². The highest BCUT2D eigenvalue weighted by Crippen LogP contribution is 2.24. The molecule has 88 valence electrons. The number of rotatable bonds is 4. The first-order chi connectivity index (χ1) is 8.27. The minimum Gasteiger partial charge on any atom is -0.485 e. The number of nitrogens with zero attached hydrogens (tertiary/aromatic N) is 2. The van der Waals surface area contributed by atoms with Crippen molar-refractivity contribution in [2.24, 2.45) is 0 Å². The molecule has 0 saturated heterocycles. The summed E-state index contributed by atoms with van der Waals surface area (Å²) < 4.78 is 5.60. The maximum Gasteiger partial charge on any atom is 0.166 e. The van der Waals surface area contributed by atoms with Crippen LogP contribution in [-0.2, 0) is 6.61 Å². The molecule has 0 aliphatic rings. The Hall–Kier alpha value is -1.94. The molecule has 4 nitrogen and oxygen atoms in total. The van der Waals surface area contributed by atoms with E-state index in [9.17, 15) is 5.11 Å². The van der Waals surface area contributed by atoms with Crippen molar-refractivity contribution in [2.45, 2.75) is 19.6 Å². The number of benzene rings is 1. The fraction of sp³-hybridized carbons (Fsp3) is 0.231. The number of aromatic nitrogens is 2. The SMILES string of the molecule is CC(O)c1ccccc1OCc1ncccn1. The highest BCUT2D eigenvalue weighted by Gasteiger charge is 2.08. The van der Waals surface area contributed by atoms with Gasteiger partial charge in [0.2, 0.25) is 0 Å². The lowest BCUT2D eigenvalue weighted by Crippen LogP contribution is -2.03. The van der Waals surface area contributed by atoms with Crippen LogP contribution in [-0.4, -0.2) is 15.1 Å². The largest absolute Gasteiger partial charge is 0.485 e.